The summed E-state index contributed by atoms with van der Waals surface area (Å²) in [4.78, 5) is 34.3. The molecule has 0 radical (unpaired) electrons. The Balaban J connectivity index is 1.89. The lowest BCUT2D eigenvalue weighted by atomic mass is 10.0. The number of hydrogen-bond donors (Lipinski definition) is 1. The fourth-order valence-corrected chi connectivity index (χ4v) is 3.30. The van der Waals surface area contributed by atoms with E-state index in [2.05, 4.69) is 23.8 Å². The monoisotopic (exact) mass is 397 g/mol. The molecule has 3 rings (SSSR count). The number of H-pyrrole nitrogens is 1. The van der Waals surface area contributed by atoms with Crippen molar-refractivity contribution in [2.45, 2.75) is 39.7 Å². The number of carbonyl (C=O) groups is 1. The van der Waals surface area contributed by atoms with E-state index in [0.29, 0.717) is 39.8 Å². The van der Waals surface area contributed by atoms with Crippen LogP contribution in [0.4, 0.5) is 0 Å². The molecule has 6 heteroatoms. The molecule has 1 amide bonds. The fourth-order valence-electron chi connectivity index (χ4n) is 3.13. The van der Waals surface area contributed by atoms with Crippen LogP contribution >= 0.6 is 11.6 Å². The first kappa shape index (κ1) is 20.1. The van der Waals surface area contributed by atoms with Crippen molar-refractivity contribution in [3.05, 3.63) is 74.8 Å². The summed E-state index contributed by atoms with van der Waals surface area (Å²) in [6, 6.07) is 12.7. The molecule has 146 valence electrons. The molecule has 1 N–H and O–H groups in total. The van der Waals surface area contributed by atoms with Crippen molar-refractivity contribution in [3.8, 4) is 0 Å². The highest BCUT2D eigenvalue weighted by Gasteiger charge is 2.17. The van der Waals surface area contributed by atoms with Crippen LogP contribution in [-0.2, 0) is 6.54 Å². The second-order valence-corrected chi connectivity index (χ2v) is 7.61. The van der Waals surface area contributed by atoms with E-state index in [-0.39, 0.29) is 18.0 Å². The van der Waals surface area contributed by atoms with Gasteiger partial charge in [-0.3, -0.25) is 9.59 Å². The van der Waals surface area contributed by atoms with E-state index in [1.165, 1.54) is 5.56 Å². The second-order valence-electron chi connectivity index (χ2n) is 7.18. The highest BCUT2D eigenvalue weighted by molar-refractivity contribution is 6.31. The Morgan fingerprint density at radius 3 is 2.54 bits per heavy atom. The Morgan fingerprint density at radius 2 is 1.89 bits per heavy atom. The SMILES string of the molecule is CCCN(Cc1nc2cc(Cl)ccc2c(=O)[nH]1)C(=O)c1ccc(C(C)C)cc1. The minimum Gasteiger partial charge on any atom is -0.331 e. The Labute approximate surface area is 169 Å². The average Bonchev–Trinajstić information content (AvgIpc) is 2.67. The van der Waals surface area contributed by atoms with Crippen LogP contribution in [-0.4, -0.2) is 27.3 Å². The van der Waals surface area contributed by atoms with E-state index in [4.69, 9.17) is 11.6 Å². The number of carbonyl (C=O) groups excluding carboxylic acids is 1. The van der Waals surface area contributed by atoms with Crippen molar-refractivity contribution in [2.24, 2.45) is 0 Å². The summed E-state index contributed by atoms with van der Waals surface area (Å²) in [5, 5.41) is 0.995. The third kappa shape index (κ3) is 4.42. The molecule has 0 atom stereocenters. The standard InChI is InChI=1S/C22H24ClN3O2/c1-4-11-26(22(28)16-7-5-15(6-8-16)14(2)3)13-20-24-19-12-17(23)9-10-18(19)21(27)25-20/h5-10,12,14H,4,11,13H2,1-3H3,(H,24,25,27). The minimum atomic E-state index is -0.234. The Hall–Kier alpha value is -2.66. The largest absolute Gasteiger partial charge is 0.331 e. The van der Waals surface area contributed by atoms with Crippen LogP contribution in [0.2, 0.25) is 5.02 Å². The molecule has 1 heterocycles. The number of amides is 1. The normalized spacial score (nSPS) is 11.2. The third-order valence-electron chi connectivity index (χ3n) is 4.66. The van der Waals surface area contributed by atoms with Gasteiger partial charge >= 0.3 is 0 Å². The van der Waals surface area contributed by atoms with Gasteiger partial charge in [-0.05, 0) is 48.2 Å². The van der Waals surface area contributed by atoms with Crippen LogP contribution in [0.15, 0.2) is 47.3 Å². The van der Waals surface area contributed by atoms with Gasteiger partial charge in [-0.2, -0.15) is 0 Å². The Bertz CT molecular complexity index is 1040. The lowest BCUT2D eigenvalue weighted by Crippen LogP contribution is -2.32. The summed E-state index contributed by atoms with van der Waals surface area (Å²) in [6.45, 7) is 7.05. The summed E-state index contributed by atoms with van der Waals surface area (Å²) >= 11 is 6.03. The van der Waals surface area contributed by atoms with Gasteiger partial charge in [-0.15, -0.1) is 0 Å². The first-order valence-corrected chi connectivity index (χ1v) is 9.84. The molecule has 0 saturated carbocycles. The number of aromatic amines is 1. The fraction of sp³-hybridized carbons (Fsp3) is 0.318. The molecule has 3 aromatic rings. The van der Waals surface area contributed by atoms with Gasteiger partial charge in [-0.25, -0.2) is 4.98 Å². The lowest BCUT2D eigenvalue weighted by molar-refractivity contribution is 0.0739. The van der Waals surface area contributed by atoms with Crippen LogP contribution < -0.4 is 5.56 Å². The lowest BCUT2D eigenvalue weighted by Gasteiger charge is -2.22. The zero-order valence-corrected chi connectivity index (χ0v) is 17.1. The summed E-state index contributed by atoms with van der Waals surface area (Å²) in [5.41, 5.74) is 2.11. The minimum absolute atomic E-state index is 0.0778. The number of rotatable bonds is 6. The molecule has 28 heavy (non-hydrogen) atoms. The van der Waals surface area contributed by atoms with Crippen LogP contribution in [0, 0.1) is 0 Å². The molecule has 0 aliphatic heterocycles. The maximum Gasteiger partial charge on any atom is 0.258 e. The number of halogens is 1. The first-order valence-electron chi connectivity index (χ1n) is 9.46. The number of nitrogens with one attached hydrogen (secondary N) is 1. The zero-order valence-electron chi connectivity index (χ0n) is 16.3. The van der Waals surface area contributed by atoms with Crippen LogP contribution in [0.5, 0.6) is 0 Å². The first-order chi connectivity index (χ1) is 13.4. The van der Waals surface area contributed by atoms with Crippen LogP contribution in [0.25, 0.3) is 10.9 Å². The van der Waals surface area contributed by atoms with Gasteiger partial charge < -0.3 is 9.88 Å². The van der Waals surface area contributed by atoms with Gasteiger partial charge in [0.2, 0.25) is 0 Å². The molecule has 0 aliphatic rings. The van der Waals surface area contributed by atoms with Gasteiger partial charge in [0.15, 0.2) is 0 Å². The smallest absolute Gasteiger partial charge is 0.258 e. The van der Waals surface area contributed by atoms with Gasteiger partial charge in [0.25, 0.3) is 11.5 Å². The van der Waals surface area contributed by atoms with Crippen molar-refractivity contribution in [1.29, 1.82) is 0 Å². The van der Waals surface area contributed by atoms with Crippen molar-refractivity contribution >= 4 is 28.4 Å². The van der Waals surface area contributed by atoms with Gasteiger partial charge in [0.05, 0.1) is 17.4 Å². The molecule has 5 nitrogen and oxygen atoms in total. The predicted molar refractivity (Wildman–Crippen MR) is 113 cm³/mol. The topological polar surface area (TPSA) is 66.1 Å². The number of nitrogens with zero attached hydrogens (tertiary/aromatic N) is 2. The number of hydrogen-bond acceptors (Lipinski definition) is 3. The van der Waals surface area contributed by atoms with E-state index in [9.17, 15) is 9.59 Å². The summed E-state index contributed by atoms with van der Waals surface area (Å²) in [5.74, 6) is 0.779. The Kier molecular flexibility index (Phi) is 6.15. The molecular weight excluding hydrogens is 374 g/mol. The summed E-state index contributed by atoms with van der Waals surface area (Å²) in [7, 11) is 0. The number of aromatic nitrogens is 2. The van der Waals surface area contributed by atoms with Gasteiger partial charge in [-0.1, -0.05) is 44.5 Å². The van der Waals surface area contributed by atoms with E-state index >= 15 is 0 Å². The van der Waals surface area contributed by atoms with Crippen molar-refractivity contribution < 1.29 is 4.79 Å². The zero-order chi connectivity index (χ0) is 20.3. The van der Waals surface area contributed by atoms with Gasteiger partial charge in [0, 0.05) is 17.1 Å². The van der Waals surface area contributed by atoms with E-state index in [1.807, 2.05) is 31.2 Å². The number of benzene rings is 2. The highest BCUT2D eigenvalue weighted by atomic mass is 35.5. The molecule has 1 aromatic heterocycles. The average molecular weight is 398 g/mol. The van der Waals surface area contributed by atoms with Crippen molar-refractivity contribution in [2.75, 3.05) is 6.54 Å². The second kappa shape index (κ2) is 8.57. The van der Waals surface area contributed by atoms with Crippen LogP contribution in [0.3, 0.4) is 0 Å². The highest BCUT2D eigenvalue weighted by Crippen LogP contribution is 2.18. The van der Waals surface area contributed by atoms with Crippen molar-refractivity contribution in [3.63, 3.8) is 0 Å². The van der Waals surface area contributed by atoms with Crippen LogP contribution in [0.1, 0.15) is 54.9 Å². The summed E-state index contributed by atoms with van der Waals surface area (Å²) < 4.78 is 0. The predicted octanol–water partition coefficient (Wildman–Crippen LogP) is 4.75. The summed E-state index contributed by atoms with van der Waals surface area (Å²) in [6.07, 6.45) is 0.805. The molecule has 0 spiro atoms. The molecule has 0 aliphatic carbocycles. The van der Waals surface area contributed by atoms with E-state index < -0.39 is 0 Å². The molecule has 0 saturated heterocycles. The molecule has 0 unspecified atom stereocenters. The quantitative estimate of drug-likeness (QED) is 0.652. The number of fused-ring (bicyclic) bond motifs is 1. The van der Waals surface area contributed by atoms with E-state index in [1.54, 1.807) is 23.1 Å². The maximum absolute atomic E-state index is 13.0. The molecule has 2 aromatic carbocycles. The Morgan fingerprint density at radius 1 is 1.18 bits per heavy atom. The van der Waals surface area contributed by atoms with Crippen molar-refractivity contribution in [1.82, 2.24) is 14.9 Å². The van der Waals surface area contributed by atoms with E-state index in [0.717, 1.165) is 6.42 Å². The molecule has 0 fully saturated rings. The molecular formula is C22H24ClN3O2. The molecule has 0 bridgehead atoms. The third-order valence-corrected chi connectivity index (χ3v) is 4.90. The maximum atomic E-state index is 13.0. The van der Waals surface area contributed by atoms with Gasteiger partial charge in [0.1, 0.15) is 5.82 Å².